The van der Waals surface area contributed by atoms with Crippen LogP contribution in [0.1, 0.15) is 47.3 Å². The van der Waals surface area contributed by atoms with Gasteiger partial charge < -0.3 is 24.4 Å². The van der Waals surface area contributed by atoms with Crippen LogP contribution in [0.25, 0.3) is 11.3 Å². The van der Waals surface area contributed by atoms with Gasteiger partial charge in [0, 0.05) is 17.5 Å². The van der Waals surface area contributed by atoms with Crippen molar-refractivity contribution in [3.63, 3.8) is 0 Å². The second-order valence-electron chi connectivity index (χ2n) is 9.87. The molecule has 7 nitrogen and oxygen atoms in total. The molecule has 3 aromatic rings. The molecule has 0 bridgehead atoms. The summed E-state index contributed by atoms with van der Waals surface area (Å²) in [4.78, 5) is 17.0. The average Bonchev–Trinajstić information content (AvgIpc) is 3.67. The Morgan fingerprint density at radius 2 is 1.68 bits per heavy atom. The zero-order valence-corrected chi connectivity index (χ0v) is 22.1. The Labute approximate surface area is 228 Å². The topological polar surface area (TPSA) is 98.1 Å². The summed E-state index contributed by atoms with van der Waals surface area (Å²) in [7, 11) is 2.66. The number of aryl methyl sites for hydroxylation is 1. The molecule has 1 aromatic heterocycles. The number of pyridine rings is 1. The van der Waals surface area contributed by atoms with Gasteiger partial charge in [-0.2, -0.15) is 13.2 Å². The van der Waals surface area contributed by atoms with Crippen molar-refractivity contribution in [3.05, 3.63) is 71.2 Å². The number of rotatable bonds is 11. The normalized spacial score (nSPS) is 15.7. The van der Waals surface area contributed by atoms with E-state index < -0.39 is 47.5 Å². The second-order valence-corrected chi connectivity index (χ2v) is 9.87. The van der Waals surface area contributed by atoms with E-state index in [4.69, 9.17) is 14.2 Å². The molecule has 0 saturated heterocycles. The first-order valence-corrected chi connectivity index (χ1v) is 12.5. The van der Waals surface area contributed by atoms with Gasteiger partial charge in [0.25, 0.3) is 0 Å². The van der Waals surface area contributed by atoms with E-state index in [9.17, 15) is 32.6 Å². The number of carbonyl (C=O) groups excluding carboxylic acids is 1. The van der Waals surface area contributed by atoms with Crippen LogP contribution in [0.15, 0.2) is 48.5 Å². The van der Waals surface area contributed by atoms with Crippen LogP contribution in [0.3, 0.4) is 0 Å². The van der Waals surface area contributed by atoms with Crippen molar-refractivity contribution in [3.8, 4) is 28.5 Å². The Bertz CT molecular complexity index is 1410. The zero-order valence-electron chi connectivity index (χ0n) is 22.1. The van der Waals surface area contributed by atoms with Crippen LogP contribution in [-0.4, -0.2) is 53.6 Å². The van der Waals surface area contributed by atoms with Gasteiger partial charge in [0.2, 0.25) is 5.60 Å². The molecule has 1 heterocycles. The number of ketones is 1. The molecule has 1 atom stereocenters. The van der Waals surface area contributed by atoms with Gasteiger partial charge in [-0.05, 0) is 80.3 Å². The van der Waals surface area contributed by atoms with Gasteiger partial charge in [-0.3, -0.25) is 4.79 Å². The predicted octanol–water partition coefficient (Wildman–Crippen LogP) is 5.53. The third-order valence-electron chi connectivity index (χ3n) is 6.93. The van der Waals surface area contributed by atoms with Crippen LogP contribution < -0.4 is 14.2 Å². The minimum atomic E-state index is -5.18. The van der Waals surface area contributed by atoms with E-state index in [2.05, 4.69) is 4.98 Å². The Morgan fingerprint density at radius 1 is 1.00 bits per heavy atom. The zero-order chi connectivity index (χ0) is 29.3. The number of ether oxygens (including phenoxy) is 3. The Hall–Kier alpha value is -3.70. The molecule has 0 radical (unpaired) electrons. The lowest BCUT2D eigenvalue weighted by atomic mass is 9.89. The van der Waals surface area contributed by atoms with Crippen molar-refractivity contribution in [2.75, 3.05) is 20.8 Å². The minimum Gasteiger partial charge on any atom is -0.494 e. The average molecular weight is 564 g/mol. The number of alkyl halides is 3. The maximum absolute atomic E-state index is 14.3. The maximum Gasteiger partial charge on any atom is 0.422 e. The molecule has 0 aliphatic heterocycles. The molecule has 4 rings (SSSR count). The number of hydrogen-bond acceptors (Lipinski definition) is 7. The molecular formula is C29H29F4NO6. The number of Topliss-reactive ketones (excluding diaryl/α,β-unsaturated/α-hetero) is 1. The number of aromatic nitrogens is 1. The third-order valence-corrected chi connectivity index (χ3v) is 6.93. The number of benzene rings is 2. The fourth-order valence-corrected chi connectivity index (χ4v) is 4.16. The molecule has 1 saturated carbocycles. The summed E-state index contributed by atoms with van der Waals surface area (Å²) >= 11 is 0. The number of carbonyl (C=O) groups is 1. The lowest BCUT2D eigenvalue weighted by Gasteiger charge is -2.30. The summed E-state index contributed by atoms with van der Waals surface area (Å²) < 4.78 is 72.7. The van der Waals surface area contributed by atoms with Crippen molar-refractivity contribution in [2.24, 2.45) is 0 Å². The number of nitrogens with zero attached hydrogens (tertiary/aromatic N) is 1. The molecule has 0 spiro atoms. The molecule has 2 aromatic carbocycles. The van der Waals surface area contributed by atoms with Crippen LogP contribution in [0, 0.1) is 12.7 Å². The van der Waals surface area contributed by atoms with E-state index in [1.807, 2.05) is 0 Å². The highest BCUT2D eigenvalue weighted by molar-refractivity contribution is 5.96. The molecule has 1 aliphatic carbocycles. The largest absolute Gasteiger partial charge is 0.494 e. The van der Waals surface area contributed by atoms with Crippen molar-refractivity contribution < 1.29 is 46.8 Å². The van der Waals surface area contributed by atoms with Gasteiger partial charge in [0.15, 0.2) is 17.3 Å². The van der Waals surface area contributed by atoms with Crippen molar-refractivity contribution in [1.82, 2.24) is 4.98 Å². The van der Waals surface area contributed by atoms with Gasteiger partial charge in [-0.1, -0.05) is 0 Å². The van der Waals surface area contributed by atoms with E-state index in [0.29, 0.717) is 18.4 Å². The number of halogens is 4. The number of methoxy groups -OCH3 is 2. The van der Waals surface area contributed by atoms with Crippen LogP contribution >= 0.6 is 0 Å². The van der Waals surface area contributed by atoms with Crippen molar-refractivity contribution in [2.45, 2.75) is 50.0 Å². The van der Waals surface area contributed by atoms with Crippen LogP contribution in [0.5, 0.6) is 17.2 Å². The highest BCUT2D eigenvalue weighted by Gasteiger charge is 2.56. The summed E-state index contributed by atoms with van der Waals surface area (Å²) in [5, 5.41) is 20.9. The lowest BCUT2D eigenvalue weighted by Crippen LogP contribution is -2.43. The van der Waals surface area contributed by atoms with Gasteiger partial charge in [-0.15, -0.1) is 0 Å². The van der Waals surface area contributed by atoms with E-state index in [0.717, 1.165) is 12.1 Å². The second kappa shape index (κ2) is 11.1. The first-order valence-electron chi connectivity index (χ1n) is 12.5. The van der Waals surface area contributed by atoms with Gasteiger partial charge in [0.05, 0.1) is 25.5 Å². The van der Waals surface area contributed by atoms with E-state index in [1.165, 1.54) is 57.5 Å². The SMILES string of the molecule is COc1cc(C(=O)CCC(O)(c2ccc(OC)c(-c3ccc(F)c(C)c3)n2)C(F)(F)F)ccc1OCC1(O)CC1. The Kier molecular flexibility index (Phi) is 8.09. The van der Waals surface area contributed by atoms with Crippen molar-refractivity contribution >= 4 is 5.78 Å². The first-order chi connectivity index (χ1) is 18.8. The quantitative estimate of drug-likeness (QED) is 0.234. The highest BCUT2D eigenvalue weighted by Crippen LogP contribution is 2.44. The van der Waals surface area contributed by atoms with Gasteiger partial charge in [-0.25, -0.2) is 9.37 Å². The molecular weight excluding hydrogens is 534 g/mol. The third kappa shape index (κ3) is 6.05. The Balaban J connectivity index is 1.59. The maximum atomic E-state index is 14.3. The Morgan fingerprint density at radius 3 is 2.27 bits per heavy atom. The fourth-order valence-electron chi connectivity index (χ4n) is 4.16. The molecule has 11 heteroatoms. The summed E-state index contributed by atoms with van der Waals surface area (Å²) in [5.41, 5.74) is -4.50. The predicted molar refractivity (Wildman–Crippen MR) is 137 cm³/mol. The van der Waals surface area contributed by atoms with Crippen LogP contribution in [0.4, 0.5) is 17.6 Å². The van der Waals surface area contributed by atoms with E-state index >= 15 is 0 Å². The fraction of sp³-hybridized carbons (Fsp3) is 0.379. The van der Waals surface area contributed by atoms with Gasteiger partial charge in [0.1, 0.15) is 23.9 Å². The van der Waals surface area contributed by atoms with Crippen molar-refractivity contribution in [1.29, 1.82) is 0 Å². The summed E-state index contributed by atoms with van der Waals surface area (Å²) in [6.07, 6.45) is -5.63. The molecule has 1 unspecified atom stereocenters. The minimum absolute atomic E-state index is 0.0201. The molecule has 1 aliphatic rings. The monoisotopic (exact) mass is 563 g/mol. The van der Waals surface area contributed by atoms with E-state index in [-0.39, 0.29) is 40.7 Å². The molecule has 1 fully saturated rings. The summed E-state index contributed by atoms with van der Waals surface area (Å²) in [6.45, 7) is 1.54. The summed E-state index contributed by atoms with van der Waals surface area (Å²) in [5.74, 6) is -0.593. The van der Waals surface area contributed by atoms with Crippen LogP contribution in [-0.2, 0) is 5.60 Å². The number of hydrogen-bond donors (Lipinski definition) is 2. The molecule has 2 N–H and O–H groups in total. The summed E-state index contributed by atoms with van der Waals surface area (Å²) in [6, 6.07) is 10.3. The van der Waals surface area contributed by atoms with E-state index in [1.54, 1.807) is 0 Å². The standard InChI is InChI=1S/C29H29F4NO6/c1-17-14-19(4-6-20(17)30)26-23(38-2)8-9-25(34-26)28(37,29(31,32)33)11-10-21(35)18-5-7-22(24(15-18)39-3)40-16-27(36)12-13-27/h4-9,14-15,36-37H,10-13,16H2,1-3H3. The molecule has 40 heavy (non-hydrogen) atoms. The smallest absolute Gasteiger partial charge is 0.422 e. The molecule has 214 valence electrons. The van der Waals surface area contributed by atoms with Crippen LogP contribution in [0.2, 0.25) is 0 Å². The molecule has 0 amide bonds. The lowest BCUT2D eigenvalue weighted by molar-refractivity contribution is -0.270. The number of aliphatic hydroxyl groups is 2. The van der Waals surface area contributed by atoms with Gasteiger partial charge >= 0.3 is 6.18 Å². The highest BCUT2D eigenvalue weighted by atomic mass is 19.4. The first kappa shape index (κ1) is 29.3.